The van der Waals surface area contributed by atoms with E-state index in [1.807, 2.05) is 6.08 Å². The van der Waals surface area contributed by atoms with Crippen LogP contribution in [0.15, 0.2) is 139 Å². The molecule has 4 aromatic rings. The second kappa shape index (κ2) is 13.5. The van der Waals surface area contributed by atoms with Gasteiger partial charge in [-0.3, -0.25) is 0 Å². The lowest BCUT2D eigenvalue weighted by atomic mass is 9.72. The minimum absolute atomic E-state index is 0.0439. The maximum atomic E-state index is 4.28. The lowest BCUT2D eigenvalue weighted by Crippen LogP contribution is -2.20. The van der Waals surface area contributed by atoms with Crippen molar-refractivity contribution in [2.75, 3.05) is 4.90 Å². The Morgan fingerprint density at radius 1 is 0.578 bits per heavy atom. The average molecular weight is 596 g/mol. The number of rotatable bonds is 8. The van der Waals surface area contributed by atoms with E-state index >= 15 is 0 Å². The van der Waals surface area contributed by atoms with Gasteiger partial charge < -0.3 is 4.90 Å². The van der Waals surface area contributed by atoms with Crippen molar-refractivity contribution < 1.29 is 0 Å². The molecule has 1 heteroatoms. The van der Waals surface area contributed by atoms with E-state index in [4.69, 9.17) is 0 Å². The molecule has 4 rings (SSSR count). The molecular formula is C44H53N. The molecule has 0 fully saturated rings. The van der Waals surface area contributed by atoms with Crippen molar-refractivity contribution in [3.63, 3.8) is 0 Å². The topological polar surface area (TPSA) is 3.24 Å². The molecule has 0 aromatic heterocycles. The third-order valence-electron chi connectivity index (χ3n) is 8.64. The van der Waals surface area contributed by atoms with Gasteiger partial charge in [-0.2, -0.15) is 0 Å². The van der Waals surface area contributed by atoms with Crippen molar-refractivity contribution in [1.29, 1.82) is 0 Å². The Morgan fingerprint density at radius 3 is 1.42 bits per heavy atom. The number of benzene rings is 4. The van der Waals surface area contributed by atoms with E-state index in [0.717, 1.165) is 17.1 Å². The third-order valence-corrected chi connectivity index (χ3v) is 8.64. The quantitative estimate of drug-likeness (QED) is 0.183. The largest absolute Gasteiger partial charge is 0.311 e. The molecule has 0 aliphatic heterocycles. The van der Waals surface area contributed by atoms with Crippen LogP contribution in [0.25, 0.3) is 11.1 Å². The highest BCUT2D eigenvalue weighted by Gasteiger charge is 2.28. The molecule has 0 aliphatic rings. The van der Waals surface area contributed by atoms with Crippen LogP contribution < -0.4 is 4.90 Å². The van der Waals surface area contributed by atoms with Crippen LogP contribution in [0.1, 0.15) is 91.8 Å². The highest BCUT2D eigenvalue weighted by Crippen LogP contribution is 2.41. The first-order valence-corrected chi connectivity index (χ1v) is 16.3. The monoisotopic (exact) mass is 595 g/mol. The Bertz CT molecular complexity index is 1550. The summed E-state index contributed by atoms with van der Waals surface area (Å²) in [7, 11) is 0. The standard InChI is InChI=1S/C44H53N/c1-12-38(27-18-32(2)41(44(9,10)11)35-21-19-34(20-22-35)33-16-14-13-15-17-33)45(39-28-23-36(24-29-39)42(3,4)5)40-30-25-37(26-31-40)43(6,7)8/h12-31,41H,1H2,2-11H3/b32-18+,38-27+. The van der Waals surface area contributed by atoms with Crippen molar-refractivity contribution in [3.8, 4) is 11.1 Å². The zero-order valence-electron chi connectivity index (χ0n) is 29.3. The van der Waals surface area contributed by atoms with Crippen LogP contribution in [0.2, 0.25) is 0 Å². The molecule has 1 nitrogen and oxygen atoms in total. The van der Waals surface area contributed by atoms with E-state index in [-0.39, 0.29) is 22.2 Å². The van der Waals surface area contributed by atoms with Gasteiger partial charge in [0.15, 0.2) is 0 Å². The fraction of sp³-hybridized carbons (Fsp3) is 0.318. The van der Waals surface area contributed by atoms with Crippen LogP contribution in [0.4, 0.5) is 11.4 Å². The molecule has 0 radical (unpaired) electrons. The summed E-state index contributed by atoms with van der Waals surface area (Å²) >= 11 is 0. The number of hydrogen-bond donors (Lipinski definition) is 0. The van der Waals surface area contributed by atoms with Crippen molar-refractivity contribution in [2.45, 2.75) is 86.0 Å². The number of allylic oxidation sites excluding steroid dienone is 4. The smallest absolute Gasteiger partial charge is 0.0461 e. The van der Waals surface area contributed by atoms with Gasteiger partial charge in [-0.05, 0) is 87.4 Å². The van der Waals surface area contributed by atoms with Crippen LogP contribution >= 0.6 is 0 Å². The third kappa shape index (κ3) is 8.34. The van der Waals surface area contributed by atoms with Gasteiger partial charge in [0.1, 0.15) is 0 Å². The zero-order chi connectivity index (χ0) is 33.0. The van der Waals surface area contributed by atoms with Gasteiger partial charge in [-0.15, -0.1) is 0 Å². The van der Waals surface area contributed by atoms with Gasteiger partial charge in [-0.25, -0.2) is 0 Å². The van der Waals surface area contributed by atoms with E-state index in [2.05, 4.69) is 196 Å². The summed E-state index contributed by atoms with van der Waals surface area (Å²) in [4.78, 5) is 2.32. The summed E-state index contributed by atoms with van der Waals surface area (Å²) < 4.78 is 0. The summed E-state index contributed by atoms with van der Waals surface area (Å²) in [6.45, 7) is 27.1. The molecule has 0 bridgehead atoms. The Labute approximate surface area is 274 Å². The van der Waals surface area contributed by atoms with Crippen LogP contribution in [0, 0.1) is 5.41 Å². The maximum absolute atomic E-state index is 4.28. The first-order valence-electron chi connectivity index (χ1n) is 16.3. The minimum Gasteiger partial charge on any atom is -0.311 e. The Kier molecular flexibility index (Phi) is 10.1. The van der Waals surface area contributed by atoms with Crippen LogP contribution in [0.5, 0.6) is 0 Å². The summed E-state index contributed by atoms with van der Waals surface area (Å²) in [5.41, 5.74) is 11.3. The fourth-order valence-corrected chi connectivity index (χ4v) is 6.16. The van der Waals surface area contributed by atoms with E-state index in [0.29, 0.717) is 0 Å². The predicted molar refractivity (Wildman–Crippen MR) is 199 cm³/mol. The van der Waals surface area contributed by atoms with E-state index < -0.39 is 0 Å². The van der Waals surface area contributed by atoms with E-state index in [1.54, 1.807) is 0 Å². The number of nitrogens with zero attached hydrogens (tertiary/aromatic N) is 1. The molecule has 0 saturated carbocycles. The molecule has 1 atom stereocenters. The number of anilines is 2. The van der Waals surface area contributed by atoms with E-state index in [1.165, 1.54) is 33.4 Å². The maximum Gasteiger partial charge on any atom is 0.0461 e. The molecular weight excluding hydrogens is 542 g/mol. The molecule has 0 saturated heterocycles. The average Bonchev–Trinajstić information content (AvgIpc) is 2.99. The van der Waals surface area contributed by atoms with Gasteiger partial charge >= 0.3 is 0 Å². The molecule has 1 unspecified atom stereocenters. The number of hydrogen-bond acceptors (Lipinski definition) is 1. The second-order valence-corrected chi connectivity index (χ2v) is 15.4. The molecule has 0 aliphatic carbocycles. The van der Waals surface area contributed by atoms with Gasteiger partial charge in [0, 0.05) is 23.0 Å². The molecule has 0 spiro atoms. The lowest BCUT2D eigenvalue weighted by Gasteiger charge is -2.32. The van der Waals surface area contributed by atoms with Gasteiger partial charge in [0.2, 0.25) is 0 Å². The van der Waals surface area contributed by atoms with Gasteiger partial charge in [0.25, 0.3) is 0 Å². The Hall–Kier alpha value is -4.10. The van der Waals surface area contributed by atoms with Gasteiger partial charge in [0.05, 0.1) is 0 Å². The summed E-state index contributed by atoms with van der Waals surface area (Å²) in [5, 5.41) is 0. The summed E-state index contributed by atoms with van der Waals surface area (Å²) in [6.07, 6.45) is 6.49. The first-order chi connectivity index (χ1) is 21.1. The molecule has 0 N–H and O–H groups in total. The molecule has 0 amide bonds. The fourth-order valence-electron chi connectivity index (χ4n) is 6.16. The Balaban J connectivity index is 1.76. The van der Waals surface area contributed by atoms with Crippen LogP contribution in [0.3, 0.4) is 0 Å². The summed E-state index contributed by atoms with van der Waals surface area (Å²) in [5.74, 6) is 0.259. The van der Waals surface area contributed by atoms with Crippen molar-refractivity contribution in [3.05, 3.63) is 156 Å². The van der Waals surface area contributed by atoms with Crippen molar-refractivity contribution >= 4 is 11.4 Å². The molecule has 4 aromatic carbocycles. The van der Waals surface area contributed by atoms with Gasteiger partial charge in [-0.1, -0.05) is 159 Å². The Morgan fingerprint density at radius 2 is 1.02 bits per heavy atom. The van der Waals surface area contributed by atoms with Crippen LogP contribution in [-0.2, 0) is 10.8 Å². The highest BCUT2D eigenvalue weighted by atomic mass is 15.1. The molecule has 234 valence electrons. The summed E-state index contributed by atoms with van der Waals surface area (Å²) in [6, 6.07) is 37.7. The molecule has 0 heterocycles. The predicted octanol–water partition coefficient (Wildman–Crippen LogP) is 12.9. The highest BCUT2D eigenvalue weighted by molar-refractivity contribution is 5.71. The SMILES string of the molecule is C=C/C(=C\C=C(/C)C(c1ccc(-c2ccccc2)cc1)C(C)(C)C)N(c1ccc(C(C)(C)C)cc1)c1ccc(C(C)(C)C)cc1. The molecule has 45 heavy (non-hydrogen) atoms. The lowest BCUT2D eigenvalue weighted by molar-refractivity contribution is 0.354. The van der Waals surface area contributed by atoms with E-state index in [9.17, 15) is 0 Å². The zero-order valence-corrected chi connectivity index (χ0v) is 29.3. The normalized spacial score (nSPS) is 13.8. The van der Waals surface area contributed by atoms with Crippen molar-refractivity contribution in [2.24, 2.45) is 5.41 Å². The van der Waals surface area contributed by atoms with Crippen LogP contribution in [-0.4, -0.2) is 0 Å². The van der Waals surface area contributed by atoms with Crippen molar-refractivity contribution in [1.82, 2.24) is 0 Å². The minimum atomic E-state index is 0.0439. The second-order valence-electron chi connectivity index (χ2n) is 15.4. The first kappa shape index (κ1) is 33.8.